The van der Waals surface area contributed by atoms with Gasteiger partial charge in [0.25, 0.3) is 0 Å². The van der Waals surface area contributed by atoms with Crippen molar-refractivity contribution in [2.24, 2.45) is 0 Å². The minimum Gasteiger partial charge on any atom is -0.406 e. The van der Waals surface area contributed by atoms with Crippen molar-refractivity contribution in [1.29, 1.82) is 0 Å². The highest BCUT2D eigenvalue weighted by atomic mass is 19.4. The van der Waals surface area contributed by atoms with Crippen LogP contribution < -0.4 is 10.9 Å². The van der Waals surface area contributed by atoms with Crippen molar-refractivity contribution in [3.05, 3.63) is 29.8 Å². The smallest absolute Gasteiger partial charge is 0.406 e. The molecule has 2 nitrogen and oxygen atoms in total. The predicted molar refractivity (Wildman–Crippen MR) is 47.5 cm³/mol. The minimum absolute atomic E-state index is 0. The number of halogens is 3. The van der Waals surface area contributed by atoms with Gasteiger partial charge in [0.15, 0.2) is 0 Å². The summed E-state index contributed by atoms with van der Waals surface area (Å²) < 4.78 is 38.8. The van der Waals surface area contributed by atoms with Crippen LogP contribution in [0.25, 0.3) is 0 Å². The van der Waals surface area contributed by atoms with Crippen LogP contribution >= 0.6 is 0 Å². The molecule has 14 heavy (non-hydrogen) atoms. The van der Waals surface area contributed by atoms with E-state index < -0.39 is 6.36 Å². The quantitative estimate of drug-likeness (QED) is 0.808. The van der Waals surface area contributed by atoms with Gasteiger partial charge < -0.3 is 10.9 Å². The summed E-state index contributed by atoms with van der Waals surface area (Å²) in [5, 5.41) is 0. The molecule has 80 valence electrons. The molecule has 0 aliphatic rings. The third-order valence-electron chi connectivity index (χ3n) is 1.57. The maximum Gasteiger partial charge on any atom is 0.573 e. The van der Waals surface area contributed by atoms with E-state index in [9.17, 15) is 13.2 Å². The molecule has 0 aliphatic heterocycles. The van der Waals surface area contributed by atoms with Gasteiger partial charge in [0.1, 0.15) is 5.75 Å². The summed E-state index contributed by atoms with van der Waals surface area (Å²) in [6, 6.07) is 5.85. The molecule has 0 saturated carbocycles. The van der Waals surface area contributed by atoms with E-state index in [2.05, 4.69) is 4.74 Å². The van der Waals surface area contributed by atoms with Gasteiger partial charge in [0.05, 0.1) is 0 Å². The topological polar surface area (TPSA) is 44.2 Å². The van der Waals surface area contributed by atoms with Crippen LogP contribution in [0.1, 0.15) is 12.5 Å². The average Bonchev–Trinajstić information content (AvgIpc) is 2.03. The number of aryl methyl sites for hydroxylation is 1. The summed E-state index contributed by atoms with van der Waals surface area (Å²) in [6.45, 7) is 1.93. The molecule has 3 N–H and O–H groups in total. The first-order valence-corrected chi connectivity index (χ1v) is 3.86. The second kappa shape index (κ2) is 4.85. The van der Waals surface area contributed by atoms with Crippen molar-refractivity contribution < 1.29 is 17.9 Å². The lowest BCUT2D eigenvalue weighted by molar-refractivity contribution is -0.274. The zero-order chi connectivity index (χ0) is 9.90. The van der Waals surface area contributed by atoms with Crippen LogP contribution in [0.4, 0.5) is 13.2 Å². The maximum absolute atomic E-state index is 11.7. The van der Waals surface area contributed by atoms with Crippen LogP contribution in [-0.4, -0.2) is 6.36 Å². The summed E-state index contributed by atoms with van der Waals surface area (Å²) in [7, 11) is 0. The Hall–Kier alpha value is -1.23. The molecule has 0 aliphatic carbocycles. The Labute approximate surface area is 80.3 Å². The summed E-state index contributed by atoms with van der Waals surface area (Å²) in [5.41, 5.74) is 0.981. The van der Waals surface area contributed by atoms with E-state index in [1.54, 1.807) is 12.1 Å². The zero-order valence-electron chi connectivity index (χ0n) is 7.77. The number of alkyl halides is 3. The lowest BCUT2D eigenvalue weighted by Gasteiger charge is -2.08. The van der Waals surface area contributed by atoms with E-state index in [1.165, 1.54) is 12.1 Å². The summed E-state index contributed by atoms with van der Waals surface area (Å²) >= 11 is 0. The second-order valence-electron chi connectivity index (χ2n) is 2.55. The van der Waals surface area contributed by atoms with Crippen LogP contribution in [0, 0.1) is 0 Å². The summed E-state index contributed by atoms with van der Waals surface area (Å²) in [6.07, 6.45) is -3.81. The summed E-state index contributed by atoms with van der Waals surface area (Å²) in [5.74, 6) is -0.176. The average molecular weight is 207 g/mol. The Morgan fingerprint density at radius 3 is 2.00 bits per heavy atom. The molecular formula is C9H12F3NO. The molecule has 0 saturated heterocycles. The van der Waals surface area contributed by atoms with Gasteiger partial charge in [-0.3, -0.25) is 0 Å². The number of hydrogen-bond acceptors (Lipinski definition) is 2. The van der Waals surface area contributed by atoms with Gasteiger partial charge in [-0.2, -0.15) is 0 Å². The standard InChI is InChI=1S/C9H9F3O.H3N/c1-2-7-3-5-8(6-4-7)13-9(10,11)12;/h3-6H,2H2,1H3;1H3. The Bertz CT molecular complexity index is 268. The Morgan fingerprint density at radius 2 is 1.64 bits per heavy atom. The molecule has 0 unspecified atom stereocenters. The highest BCUT2D eigenvalue weighted by Crippen LogP contribution is 2.22. The fraction of sp³-hybridized carbons (Fsp3) is 0.333. The highest BCUT2D eigenvalue weighted by molar-refractivity contribution is 5.27. The van der Waals surface area contributed by atoms with Gasteiger partial charge in [0.2, 0.25) is 0 Å². The second-order valence-corrected chi connectivity index (χ2v) is 2.55. The van der Waals surface area contributed by atoms with Gasteiger partial charge in [-0.1, -0.05) is 19.1 Å². The molecule has 5 heteroatoms. The van der Waals surface area contributed by atoms with Gasteiger partial charge in [-0.05, 0) is 24.1 Å². The van der Waals surface area contributed by atoms with E-state index in [1.807, 2.05) is 6.92 Å². The van der Waals surface area contributed by atoms with Crippen LogP contribution in [-0.2, 0) is 6.42 Å². The van der Waals surface area contributed by atoms with Crippen molar-refractivity contribution in [3.8, 4) is 5.75 Å². The lowest BCUT2D eigenvalue weighted by atomic mass is 10.2. The maximum atomic E-state index is 11.7. The molecular weight excluding hydrogens is 195 g/mol. The number of rotatable bonds is 2. The Kier molecular flexibility index (Phi) is 4.43. The predicted octanol–water partition coefficient (Wildman–Crippen LogP) is 3.31. The van der Waals surface area contributed by atoms with Crippen LogP contribution in [0.2, 0.25) is 0 Å². The third kappa shape index (κ3) is 4.13. The Balaban J connectivity index is 0.00000169. The Morgan fingerprint density at radius 1 is 1.14 bits per heavy atom. The molecule has 0 heterocycles. The third-order valence-corrected chi connectivity index (χ3v) is 1.57. The molecule has 0 bridgehead atoms. The van der Waals surface area contributed by atoms with E-state index in [-0.39, 0.29) is 11.9 Å². The number of ether oxygens (including phenoxy) is 1. The minimum atomic E-state index is -4.60. The van der Waals surface area contributed by atoms with E-state index in [4.69, 9.17) is 0 Å². The van der Waals surface area contributed by atoms with E-state index in [0.29, 0.717) is 0 Å². The highest BCUT2D eigenvalue weighted by Gasteiger charge is 2.30. The van der Waals surface area contributed by atoms with E-state index >= 15 is 0 Å². The first kappa shape index (κ1) is 12.8. The van der Waals surface area contributed by atoms with Crippen molar-refractivity contribution >= 4 is 0 Å². The molecule has 0 spiro atoms. The van der Waals surface area contributed by atoms with Crippen molar-refractivity contribution in [2.75, 3.05) is 0 Å². The van der Waals surface area contributed by atoms with Gasteiger partial charge >= 0.3 is 6.36 Å². The first-order valence-electron chi connectivity index (χ1n) is 3.86. The van der Waals surface area contributed by atoms with E-state index in [0.717, 1.165) is 12.0 Å². The molecule has 1 rings (SSSR count). The van der Waals surface area contributed by atoms with Gasteiger partial charge in [-0.25, -0.2) is 0 Å². The van der Waals surface area contributed by atoms with Crippen molar-refractivity contribution in [2.45, 2.75) is 19.7 Å². The lowest BCUT2D eigenvalue weighted by Crippen LogP contribution is -2.16. The van der Waals surface area contributed by atoms with Crippen LogP contribution in [0.15, 0.2) is 24.3 Å². The molecule has 0 aromatic heterocycles. The van der Waals surface area contributed by atoms with Crippen LogP contribution in [0.3, 0.4) is 0 Å². The molecule has 0 amide bonds. The molecule has 0 fully saturated rings. The van der Waals surface area contributed by atoms with Crippen molar-refractivity contribution in [1.82, 2.24) is 6.15 Å². The fourth-order valence-corrected chi connectivity index (χ4v) is 0.927. The number of benzene rings is 1. The summed E-state index contributed by atoms with van der Waals surface area (Å²) in [4.78, 5) is 0. The van der Waals surface area contributed by atoms with Crippen molar-refractivity contribution in [3.63, 3.8) is 0 Å². The monoisotopic (exact) mass is 207 g/mol. The van der Waals surface area contributed by atoms with Gasteiger partial charge in [-0.15, -0.1) is 13.2 Å². The number of hydrogen-bond donors (Lipinski definition) is 1. The normalized spacial score (nSPS) is 10.6. The molecule has 0 atom stereocenters. The van der Waals surface area contributed by atoms with Crippen LogP contribution in [0.5, 0.6) is 5.75 Å². The van der Waals surface area contributed by atoms with Gasteiger partial charge in [0, 0.05) is 0 Å². The molecule has 1 aromatic carbocycles. The SMILES string of the molecule is CCc1ccc(OC(F)(F)F)cc1.N. The zero-order valence-corrected chi connectivity index (χ0v) is 7.77. The largest absolute Gasteiger partial charge is 0.573 e. The molecule has 0 radical (unpaired) electrons. The molecule has 1 aromatic rings. The fourth-order valence-electron chi connectivity index (χ4n) is 0.927. The first-order chi connectivity index (χ1) is 6.01.